The molecule has 1 N–H and O–H groups in total. The fraction of sp³-hybridized carbons (Fsp3) is 1.00. The van der Waals surface area contributed by atoms with Gasteiger partial charge in [0.05, 0.1) is 6.10 Å². The summed E-state index contributed by atoms with van der Waals surface area (Å²) in [4.78, 5) is 2.49. The number of hydrogen-bond acceptors (Lipinski definition) is 3. The van der Waals surface area contributed by atoms with Crippen molar-refractivity contribution in [3.05, 3.63) is 0 Å². The predicted octanol–water partition coefficient (Wildman–Crippen LogP) is 1.91. The summed E-state index contributed by atoms with van der Waals surface area (Å²) in [7, 11) is 2.25. The van der Waals surface area contributed by atoms with Crippen LogP contribution in [0.15, 0.2) is 0 Å². The number of rotatable bonds is 5. The third-order valence-corrected chi connectivity index (χ3v) is 3.83. The lowest BCUT2D eigenvalue weighted by atomic mass is 9.99. The Bertz CT molecular complexity index is 192. The molecule has 2 rings (SSSR count). The van der Waals surface area contributed by atoms with Gasteiger partial charge in [0.25, 0.3) is 0 Å². The zero-order chi connectivity index (χ0) is 11.2. The lowest BCUT2D eigenvalue weighted by Gasteiger charge is -2.28. The van der Waals surface area contributed by atoms with E-state index in [-0.39, 0.29) is 12.4 Å². The second-order valence-corrected chi connectivity index (χ2v) is 5.40. The van der Waals surface area contributed by atoms with Crippen LogP contribution in [0.1, 0.15) is 32.1 Å². The number of piperidine rings is 1. The topological polar surface area (TPSA) is 24.5 Å². The van der Waals surface area contributed by atoms with Crippen molar-refractivity contribution in [3.8, 4) is 0 Å². The molecule has 0 aromatic carbocycles. The van der Waals surface area contributed by atoms with Crippen LogP contribution in [0.2, 0.25) is 0 Å². The van der Waals surface area contributed by atoms with Crippen molar-refractivity contribution in [2.75, 3.05) is 39.8 Å². The van der Waals surface area contributed by atoms with Gasteiger partial charge in [-0.25, -0.2) is 0 Å². The van der Waals surface area contributed by atoms with Crippen molar-refractivity contribution in [3.63, 3.8) is 0 Å². The van der Waals surface area contributed by atoms with Crippen molar-refractivity contribution in [2.45, 2.75) is 38.2 Å². The number of halogens is 1. The SMILES string of the molecule is CN(CCC1CCCO1)CC1CCCNC1.Cl. The number of nitrogens with one attached hydrogen (secondary N) is 1. The maximum atomic E-state index is 5.65. The molecule has 0 saturated carbocycles. The first-order valence-electron chi connectivity index (χ1n) is 6.85. The lowest BCUT2D eigenvalue weighted by Crippen LogP contribution is -2.37. The quantitative estimate of drug-likeness (QED) is 0.819. The summed E-state index contributed by atoms with van der Waals surface area (Å²) in [5.74, 6) is 0.864. The van der Waals surface area contributed by atoms with E-state index in [1.54, 1.807) is 0 Å². The Balaban J connectivity index is 0.00000144. The summed E-state index contributed by atoms with van der Waals surface area (Å²) >= 11 is 0. The number of hydrogen-bond donors (Lipinski definition) is 1. The van der Waals surface area contributed by atoms with E-state index in [2.05, 4.69) is 17.3 Å². The minimum Gasteiger partial charge on any atom is -0.378 e. The van der Waals surface area contributed by atoms with Crippen LogP contribution in [0.4, 0.5) is 0 Å². The van der Waals surface area contributed by atoms with E-state index in [9.17, 15) is 0 Å². The lowest BCUT2D eigenvalue weighted by molar-refractivity contribution is 0.0925. The molecule has 0 amide bonds. The molecule has 2 aliphatic rings. The second kappa shape index (κ2) is 8.30. The molecule has 0 radical (unpaired) electrons. The van der Waals surface area contributed by atoms with Crippen LogP contribution in [0.3, 0.4) is 0 Å². The summed E-state index contributed by atoms with van der Waals surface area (Å²) in [6.07, 6.45) is 7.06. The van der Waals surface area contributed by atoms with Gasteiger partial charge < -0.3 is 15.0 Å². The Labute approximate surface area is 112 Å². The normalized spacial score (nSPS) is 29.3. The monoisotopic (exact) mass is 262 g/mol. The molecule has 2 aliphatic heterocycles. The zero-order valence-corrected chi connectivity index (χ0v) is 11.8. The molecule has 2 heterocycles. The Morgan fingerprint density at radius 3 is 2.82 bits per heavy atom. The maximum Gasteiger partial charge on any atom is 0.0588 e. The van der Waals surface area contributed by atoms with Crippen LogP contribution >= 0.6 is 12.4 Å². The first kappa shape index (κ1) is 15.2. The van der Waals surface area contributed by atoms with Gasteiger partial charge >= 0.3 is 0 Å². The molecule has 2 saturated heterocycles. The fourth-order valence-electron chi connectivity index (χ4n) is 2.85. The van der Waals surface area contributed by atoms with E-state index in [1.165, 1.54) is 58.3 Å². The highest BCUT2D eigenvalue weighted by molar-refractivity contribution is 5.85. The highest BCUT2D eigenvalue weighted by Gasteiger charge is 2.18. The molecule has 0 aromatic heterocycles. The van der Waals surface area contributed by atoms with Crippen LogP contribution in [-0.4, -0.2) is 50.8 Å². The van der Waals surface area contributed by atoms with Gasteiger partial charge in [0.2, 0.25) is 0 Å². The van der Waals surface area contributed by atoms with Gasteiger partial charge in [0.1, 0.15) is 0 Å². The third kappa shape index (κ3) is 5.56. The molecule has 102 valence electrons. The van der Waals surface area contributed by atoms with Gasteiger partial charge in [0.15, 0.2) is 0 Å². The van der Waals surface area contributed by atoms with E-state index in [1.807, 2.05) is 0 Å². The molecular weight excluding hydrogens is 236 g/mol. The Hall–Kier alpha value is 0.170. The second-order valence-electron chi connectivity index (χ2n) is 5.40. The minimum atomic E-state index is 0. The van der Waals surface area contributed by atoms with Gasteiger partial charge in [-0.2, -0.15) is 0 Å². The van der Waals surface area contributed by atoms with Crippen molar-refractivity contribution in [2.24, 2.45) is 5.92 Å². The van der Waals surface area contributed by atoms with Gasteiger partial charge in [-0.05, 0) is 58.2 Å². The number of nitrogens with zero attached hydrogens (tertiary/aromatic N) is 1. The highest BCUT2D eigenvalue weighted by Crippen LogP contribution is 2.16. The van der Waals surface area contributed by atoms with Crippen molar-refractivity contribution < 1.29 is 4.74 Å². The van der Waals surface area contributed by atoms with Crippen molar-refractivity contribution in [1.82, 2.24) is 10.2 Å². The molecule has 2 fully saturated rings. The molecule has 0 bridgehead atoms. The molecule has 2 unspecified atom stereocenters. The smallest absolute Gasteiger partial charge is 0.0588 e. The predicted molar refractivity (Wildman–Crippen MR) is 73.9 cm³/mol. The Morgan fingerprint density at radius 1 is 1.29 bits per heavy atom. The molecule has 0 aliphatic carbocycles. The average molecular weight is 263 g/mol. The summed E-state index contributed by atoms with van der Waals surface area (Å²) in [5.41, 5.74) is 0. The van der Waals surface area contributed by atoms with Crippen LogP contribution in [0.25, 0.3) is 0 Å². The summed E-state index contributed by atoms with van der Waals surface area (Å²) in [5, 5.41) is 3.49. The van der Waals surface area contributed by atoms with Crippen LogP contribution in [-0.2, 0) is 4.74 Å². The summed E-state index contributed by atoms with van der Waals surface area (Å²) in [6.45, 7) is 5.86. The van der Waals surface area contributed by atoms with Gasteiger partial charge in [0, 0.05) is 19.7 Å². The Morgan fingerprint density at radius 2 is 2.18 bits per heavy atom. The fourth-order valence-corrected chi connectivity index (χ4v) is 2.85. The van der Waals surface area contributed by atoms with Gasteiger partial charge in [-0.3, -0.25) is 0 Å². The van der Waals surface area contributed by atoms with Crippen molar-refractivity contribution in [1.29, 1.82) is 0 Å². The van der Waals surface area contributed by atoms with E-state index < -0.39 is 0 Å². The maximum absolute atomic E-state index is 5.65. The van der Waals surface area contributed by atoms with Crippen LogP contribution < -0.4 is 5.32 Å². The minimum absolute atomic E-state index is 0. The summed E-state index contributed by atoms with van der Waals surface area (Å²) in [6, 6.07) is 0. The molecular formula is C13H27ClN2O. The van der Waals surface area contributed by atoms with E-state index in [4.69, 9.17) is 4.74 Å². The largest absolute Gasteiger partial charge is 0.378 e. The van der Waals surface area contributed by atoms with E-state index >= 15 is 0 Å². The standard InChI is InChI=1S/C13H26N2O.ClH/c1-15(8-6-13-5-3-9-16-13)11-12-4-2-7-14-10-12;/h12-14H,2-11H2,1H3;1H. The molecule has 2 atom stereocenters. The number of ether oxygens (including phenoxy) is 1. The first-order valence-corrected chi connectivity index (χ1v) is 6.85. The molecule has 0 aromatic rings. The Kier molecular flexibility index (Phi) is 7.44. The molecule has 4 heteroatoms. The van der Waals surface area contributed by atoms with Gasteiger partial charge in [-0.1, -0.05) is 0 Å². The zero-order valence-electron chi connectivity index (χ0n) is 11.0. The van der Waals surface area contributed by atoms with E-state index in [0.717, 1.165) is 12.5 Å². The van der Waals surface area contributed by atoms with Crippen molar-refractivity contribution >= 4 is 12.4 Å². The van der Waals surface area contributed by atoms with Crippen LogP contribution in [0.5, 0.6) is 0 Å². The first-order chi connectivity index (χ1) is 7.84. The highest BCUT2D eigenvalue weighted by atomic mass is 35.5. The van der Waals surface area contributed by atoms with Gasteiger partial charge in [-0.15, -0.1) is 12.4 Å². The van der Waals surface area contributed by atoms with E-state index in [0.29, 0.717) is 6.10 Å². The average Bonchev–Trinajstić information content (AvgIpc) is 2.81. The molecule has 0 spiro atoms. The van der Waals surface area contributed by atoms with Crippen LogP contribution in [0, 0.1) is 5.92 Å². The molecule has 3 nitrogen and oxygen atoms in total. The molecule has 17 heavy (non-hydrogen) atoms. The summed E-state index contributed by atoms with van der Waals surface area (Å²) < 4.78 is 5.65. The third-order valence-electron chi connectivity index (χ3n) is 3.83.